The largest absolute Gasteiger partial charge is 0.481 e. The molecule has 0 spiro atoms. The number of aliphatic hydroxyl groups excluding tert-OH is 1. The van der Waals surface area contributed by atoms with Gasteiger partial charge in [-0.2, -0.15) is 0 Å². The molecular formula is C21H52N2O3. The van der Waals surface area contributed by atoms with E-state index in [1.807, 2.05) is 34.6 Å². The number of rotatable bonds is 4. The summed E-state index contributed by atoms with van der Waals surface area (Å²) in [4.78, 5) is 9.00. The van der Waals surface area contributed by atoms with Crippen molar-refractivity contribution < 1.29 is 15.0 Å². The Morgan fingerprint density at radius 1 is 1.27 bits per heavy atom. The van der Waals surface area contributed by atoms with Gasteiger partial charge in [0.15, 0.2) is 0 Å². The molecule has 0 aromatic heterocycles. The summed E-state index contributed by atoms with van der Waals surface area (Å²) in [6.07, 6.45) is 6.06. The summed E-state index contributed by atoms with van der Waals surface area (Å²) in [5, 5.41) is 20.5. The molecule has 1 aliphatic rings. The van der Waals surface area contributed by atoms with Gasteiger partial charge in [0, 0.05) is 13.0 Å². The molecule has 2 atom stereocenters. The minimum Gasteiger partial charge on any atom is -0.481 e. The third-order valence-electron chi connectivity index (χ3n) is 2.46. The molecule has 1 aliphatic heterocycles. The zero-order valence-electron chi connectivity index (χ0n) is 18.4. The van der Waals surface area contributed by atoms with E-state index >= 15 is 0 Å². The molecule has 0 aromatic carbocycles. The van der Waals surface area contributed by atoms with Crippen molar-refractivity contribution >= 4 is 5.97 Å². The lowest BCUT2D eigenvalue weighted by Crippen LogP contribution is -2.27. The number of carboxylic acids is 1. The van der Waals surface area contributed by atoms with Gasteiger partial charge in [-0.15, -0.1) is 6.58 Å². The minimum absolute atomic E-state index is 0. The van der Waals surface area contributed by atoms with Gasteiger partial charge in [-0.3, -0.25) is 4.79 Å². The number of aliphatic hydroxyl groups is 1. The van der Waals surface area contributed by atoms with Crippen molar-refractivity contribution in [1.82, 2.24) is 5.32 Å². The average molecular weight is 381 g/mol. The van der Waals surface area contributed by atoms with E-state index in [2.05, 4.69) is 31.5 Å². The van der Waals surface area contributed by atoms with Crippen molar-refractivity contribution in [1.29, 1.82) is 0 Å². The number of aliphatic carboxylic acids is 1. The first-order valence-corrected chi connectivity index (χ1v) is 9.59. The number of nitrogens with one attached hydrogen (secondary N) is 1. The van der Waals surface area contributed by atoms with Crippen LogP contribution in [0, 0.1) is 5.92 Å². The second-order valence-electron chi connectivity index (χ2n) is 5.24. The molecule has 0 radical (unpaired) electrons. The Morgan fingerprint density at radius 2 is 1.62 bits per heavy atom. The summed E-state index contributed by atoms with van der Waals surface area (Å²) in [7, 11) is 1.50. The molecule has 1 unspecified atom stereocenters. The summed E-state index contributed by atoms with van der Waals surface area (Å²) < 4.78 is 0. The van der Waals surface area contributed by atoms with E-state index in [9.17, 15) is 5.11 Å². The van der Waals surface area contributed by atoms with E-state index in [0.29, 0.717) is 12.0 Å². The Morgan fingerprint density at radius 3 is 1.85 bits per heavy atom. The van der Waals surface area contributed by atoms with Crippen LogP contribution in [0.25, 0.3) is 0 Å². The second-order valence-corrected chi connectivity index (χ2v) is 5.24. The second kappa shape index (κ2) is 39.2. The van der Waals surface area contributed by atoms with Crippen LogP contribution in [0.3, 0.4) is 0 Å². The van der Waals surface area contributed by atoms with E-state index in [0.717, 1.165) is 26.3 Å². The van der Waals surface area contributed by atoms with Crippen LogP contribution >= 0.6 is 0 Å². The molecule has 1 saturated heterocycles. The summed E-state index contributed by atoms with van der Waals surface area (Å²) in [5.74, 6) is -0.221. The zero-order valence-corrected chi connectivity index (χ0v) is 18.4. The molecule has 164 valence electrons. The molecule has 1 fully saturated rings. The topological polar surface area (TPSA) is 95.6 Å². The van der Waals surface area contributed by atoms with Crippen molar-refractivity contribution in [2.24, 2.45) is 11.7 Å². The highest BCUT2D eigenvalue weighted by atomic mass is 16.4. The molecule has 5 heteroatoms. The summed E-state index contributed by atoms with van der Waals surface area (Å²) in [6.45, 7) is 19.8. The Labute approximate surface area is 165 Å². The highest BCUT2D eigenvalue weighted by Gasteiger charge is 2.18. The van der Waals surface area contributed by atoms with E-state index < -0.39 is 5.97 Å². The number of carbonyl (C=O) groups is 1. The van der Waals surface area contributed by atoms with Gasteiger partial charge in [-0.1, -0.05) is 55.0 Å². The lowest BCUT2D eigenvalue weighted by Gasteiger charge is -2.17. The van der Waals surface area contributed by atoms with E-state index in [1.54, 1.807) is 6.08 Å². The summed E-state index contributed by atoms with van der Waals surface area (Å²) in [5.41, 5.74) is 4.50. The van der Waals surface area contributed by atoms with Gasteiger partial charge in [0.2, 0.25) is 0 Å². The molecule has 0 saturated carbocycles. The van der Waals surface area contributed by atoms with Crippen molar-refractivity contribution in [2.45, 2.75) is 101 Å². The Bertz CT molecular complexity index is 225. The molecule has 1 rings (SSSR count). The van der Waals surface area contributed by atoms with Gasteiger partial charge in [-0.25, -0.2) is 0 Å². The SMILES string of the molecule is C.C=CC.CC.CC.CC(=O)O.CC(C)C[C@H](O)CC1CCCN1.CN. The first-order chi connectivity index (χ1) is 11.8. The van der Waals surface area contributed by atoms with Crippen molar-refractivity contribution in [3.05, 3.63) is 12.7 Å². The first kappa shape index (κ1) is 40.0. The number of allylic oxidation sites excluding steroid dienone is 1. The smallest absolute Gasteiger partial charge is 0.300 e. The third-order valence-corrected chi connectivity index (χ3v) is 2.46. The Kier molecular flexibility index (Phi) is 60.3. The third kappa shape index (κ3) is 56.8. The van der Waals surface area contributed by atoms with E-state index in [4.69, 9.17) is 9.90 Å². The highest BCUT2D eigenvalue weighted by Crippen LogP contribution is 2.15. The number of hydrogen-bond acceptors (Lipinski definition) is 4. The number of carboxylic acid groups (broad SMARTS) is 1. The quantitative estimate of drug-likeness (QED) is 0.510. The molecule has 1 heterocycles. The molecule has 0 bridgehead atoms. The van der Waals surface area contributed by atoms with Crippen molar-refractivity contribution in [2.75, 3.05) is 13.6 Å². The van der Waals surface area contributed by atoms with E-state index in [-0.39, 0.29) is 13.5 Å². The van der Waals surface area contributed by atoms with Crippen molar-refractivity contribution in [3.63, 3.8) is 0 Å². The fraction of sp³-hybridized carbons (Fsp3) is 0.857. The average Bonchev–Trinajstić information content (AvgIpc) is 3.05. The minimum atomic E-state index is -0.833. The van der Waals surface area contributed by atoms with Crippen LogP contribution in [-0.4, -0.2) is 41.9 Å². The van der Waals surface area contributed by atoms with E-state index in [1.165, 1.54) is 19.9 Å². The highest BCUT2D eigenvalue weighted by molar-refractivity contribution is 5.62. The van der Waals surface area contributed by atoms with Gasteiger partial charge < -0.3 is 21.3 Å². The molecule has 26 heavy (non-hydrogen) atoms. The Hall–Kier alpha value is -0.910. The zero-order chi connectivity index (χ0) is 21.3. The predicted octanol–water partition coefficient (Wildman–Crippen LogP) is 5.08. The van der Waals surface area contributed by atoms with Crippen LogP contribution in [0.1, 0.15) is 88.5 Å². The Balaban J connectivity index is -0.0000000603. The molecule has 5 nitrogen and oxygen atoms in total. The van der Waals surface area contributed by atoms with Crippen LogP contribution in [0.4, 0.5) is 0 Å². The monoisotopic (exact) mass is 380 g/mol. The van der Waals surface area contributed by atoms with Crippen molar-refractivity contribution in [3.8, 4) is 0 Å². The number of nitrogens with two attached hydrogens (primary N) is 1. The molecule has 0 amide bonds. The van der Waals surface area contributed by atoms with Crippen LogP contribution < -0.4 is 11.1 Å². The van der Waals surface area contributed by atoms with Crippen LogP contribution in [0.2, 0.25) is 0 Å². The van der Waals surface area contributed by atoms with Gasteiger partial charge in [-0.05, 0) is 52.1 Å². The maximum absolute atomic E-state index is 9.64. The lowest BCUT2D eigenvalue weighted by atomic mass is 9.99. The predicted molar refractivity (Wildman–Crippen MR) is 120 cm³/mol. The molecule has 5 N–H and O–H groups in total. The maximum Gasteiger partial charge on any atom is 0.300 e. The molecule has 0 aliphatic carbocycles. The maximum atomic E-state index is 9.64. The fourth-order valence-electron chi connectivity index (χ4n) is 1.93. The fourth-order valence-corrected chi connectivity index (χ4v) is 1.93. The van der Waals surface area contributed by atoms with Gasteiger partial charge >= 0.3 is 0 Å². The standard InChI is InChI=1S/C10H21NO.C3H6.C2H4O2.2C2H6.CH5N.CH4/c1-8(2)6-10(12)7-9-4-3-5-11-9;1-3-2;1-2(3)4;3*1-2;/h8-12H,3-7H2,1-2H3;3H,1H2,2H3;1H3,(H,3,4);2*1-2H3;2H2,1H3;1H4/t9?,10-;;;;;;/m0....../s1. The van der Waals surface area contributed by atoms with Crippen LogP contribution in [0.15, 0.2) is 12.7 Å². The summed E-state index contributed by atoms with van der Waals surface area (Å²) >= 11 is 0. The summed E-state index contributed by atoms with van der Waals surface area (Å²) in [6, 6.07) is 0.582. The van der Waals surface area contributed by atoms with Gasteiger partial charge in [0.05, 0.1) is 6.10 Å². The van der Waals surface area contributed by atoms with Gasteiger partial charge in [0.1, 0.15) is 0 Å². The lowest BCUT2D eigenvalue weighted by molar-refractivity contribution is -0.134. The normalized spacial score (nSPS) is 14.4. The van der Waals surface area contributed by atoms with Gasteiger partial charge in [0.25, 0.3) is 5.97 Å². The number of hydrogen-bond donors (Lipinski definition) is 4. The first-order valence-electron chi connectivity index (χ1n) is 9.59. The van der Waals surface area contributed by atoms with Crippen LogP contribution in [-0.2, 0) is 4.79 Å². The molecular weight excluding hydrogens is 328 g/mol. The molecule has 0 aromatic rings. The van der Waals surface area contributed by atoms with Crippen LogP contribution in [0.5, 0.6) is 0 Å².